The lowest BCUT2D eigenvalue weighted by molar-refractivity contribution is -0.147. The van der Waals surface area contributed by atoms with Gasteiger partial charge in [0, 0.05) is 12.4 Å². The first-order valence-corrected chi connectivity index (χ1v) is 4.55. The molecule has 0 amide bonds. The fourth-order valence-corrected chi connectivity index (χ4v) is 1.47. The van der Waals surface area contributed by atoms with Gasteiger partial charge in [0.1, 0.15) is 11.9 Å². The van der Waals surface area contributed by atoms with Gasteiger partial charge >= 0.3 is 5.97 Å². The zero-order chi connectivity index (χ0) is 9.97. The number of carbonyl (C=O) groups is 1. The normalized spacial score (nSPS) is 25.1. The minimum Gasteiger partial charge on any atom is -0.490 e. The van der Waals surface area contributed by atoms with Crippen molar-refractivity contribution in [2.45, 2.75) is 18.9 Å². The molecule has 0 saturated heterocycles. The average molecular weight is 193 g/mol. The molecule has 1 saturated carbocycles. The molecule has 4 heteroatoms. The van der Waals surface area contributed by atoms with Gasteiger partial charge in [0.2, 0.25) is 0 Å². The Kier molecular flexibility index (Phi) is 2.35. The van der Waals surface area contributed by atoms with Gasteiger partial charge in [0.25, 0.3) is 0 Å². The first-order valence-electron chi connectivity index (χ1n) is 4.55. The van der Waals surface area contributed by atoms with Crippen LogP contribution in [0.4, 0.5) is 0 Å². The molecule has 74 valence electrons. The van der Waals surface area contributed by atoms with E-state index in [0.717, 1.165) is 5.75 Å². The van der Waals surface area contributed by atoms with Crippen LogP contribution in [0, 0.1) is 5.92 Å². The Morgan fingerprint density at radius 2 is 2.07 bits per heavy atom. The number of rotatable bonds is 3. The Bertz CT molecular complexity index is 319. The lowest BCUT2D eigenvalue weighted by atomic mass is 9.82. The smallest absolute Gasteiger partial charge is 0.306 e. The molecule has 1 aliphatic carbocycles. The summed E-state index contributed by atoms with van der Waals surface area (Å²) in [5.74, 6) is -0.185. The summed E-state index contributed by atoms with van der Waals surface area (Å²) < 4.78 is 5.53. The highest BCUT2D eigenvalue weighted by molar-refractivity contribution is 5.71. The fraction of sp³-hybridized carbons (Fsp3) is 0.400. The average Bonchev–Trinajstić information content (AvgIpc) is 2.12. The van der Waals surface area contributed by atoms with Gasteiger partial charge in [0.15, 0.2) is 0 Å². The molecule has 1 heterocycles. The van der Waals surface area contributed by atoms with Gasteiger partial charge in [0.05, 0.1) is 5.92 Å². The number of aromatic nitrogens is 1. The van der Waals surface area contributed by atoms with E-state index in [9.17, 15) is 4.79 Å². The number of nitrogens with zero attached hydrogens (tertiary/aromatic N) is 1. The van der Waals surface area contributed by atoms with Crippen molar-refractivity contribution in [3.8, 4) is 5.75 Å². The summed E-state index contributed by atoms with van der Waals surface area (Å²) in [6, 6.07) is 3.54. The molecule has 1 aliphatic rings. The van der Waals surface area contributed by atoms with Gasteiger partial charge in [-0.2, -0.15) is 0 Å². The van der Waals surface area contributed by atoms with Crippen LogP contribution in [-0.4, -0.2) is 22.2 Å². The molecule has 14 heavy (non-hydrogen) atoms. The van der Waals surface area contributed by atoms with Crippen molar-refractivity contribution >= 4 is 5.97 Å². The topological polar surface area (TPSA) is 59.4 Å². The summed E-state index contributed by atoms with van der Waals surface area (Å²) >= 11 is 0. The van der Waals surface area contributed by atoms with E-state index in [1.165, 1.54) is 0 Å². The predicted molar refractivity (Wildman–Crippen MR) is 49.0 cm³/mol. The lowest BCUT2D eigenvalue weighted by Gasteiger charge is -2.32. The van der Waals surface area contributed by atoms with Crippen molar-refractivity contribution in [1.29, 1.82) is 0 Å². The molecule has 0 spiro atoms. The largest absolute Gasteiger partial charge is 0.490 e. The third kappa shape index (κ3) is 1.84. The quantitative estimate of drug-likeness (QED) is 0.786. The molecule has 0 radical (unpaired) electrons. The van der Waals surface area contributed by atoms with Crippen molar-refractivity contribution in [2.75, 3.05) is 0 Å². The van der Waals surface area contributed by atoms with Gasteiger partial charge < -0.3 is 9.84 Å². The molecule has 4 nitrogen and oxygen atoms in total. The number of hydrogen-bond acceptors (Lipinski definition) is 3. The molecule has 0 atom stereocenters. The van der Waals surface area contributed by atoms with Crippen molar-refractivity contribution in [1.82, 2.24) is 4.98 Å². The molecule has 2 rings (SSSR count). The minimum absolute atomic E-state index is 0.0542. The van der Waals surface area contributed by atoms with Gasteiger partial charge in [-0.25, -0.2) is 0 Å². The molecular formula is C10H11NO3. The summed E-state index contributed by atoms with van der Waals surface area (Å²) in [4.78, 5) is 14.4. The van der Waals surface area contributed by atoms with Gasteiger partial charge in [-0.1, -0.05) is 0 Å². The molecule has 1 fully saturated rings. The number of aliphatic carboxylic acids is 1. The van der Waals surface area contributed by atoms with Gasteiger partial charge in [-0.05, 0) is 25.0 Å². The number of pyridine rings is 1. The highest BCUT2D eigenvalue weighted by Gasteiger charge is 2.35. The van der Waals surface area contributed by atoms with Crippen LogP contribution in [0.1, 0.15) is 12.8 Å². The Morgan fingerprint density at radius 1 is 1.43 bits per heavy atom. The maximum Gasteiger partial charge on any atom is 0.306 e. The zero-order valence-corrected chi connectivity index (χ0v) is 7.59. The summed E-state index contributed by atoms with van der Waals surface area (Å²) in [5, 5.41) is 8.65. The van der Waals surface area contributed by atoms with Crippen LogP contribution < -0.4 is 4.74 Å². The standard InChI is InChI=1S/C10H11NO3/c12-10(13)7-5-9(6-7)14-8-1-3-11-4-2-8/h1-4,7,9H,5-6H2,(H,12,13). The van der Waals surface area contributed by atoms with E-state index in [2.05, 4.69) is 4.98 Å². The molecule has 1 aromatic rings. The second kappa shape index (κ2) is 3.65. The number of hydrogen-bond donors (Lipinski definition) is 1. The van der Waals surface area contributed by atoms with E-state index in [-0.39, 0.29) is 12.0 Å². The fourth-order valence-electron chi connectivity index (χ4n) is 1.47. The van der Waals surface area contributed by atoms with Crippen molar-refractivity contribution in [3.05, 3.63) is 24.5 Å². The third-order valence-electron chi connectivity index (χ3n) is 2.40. The van der Waals surface area contributed by atoms with E-state index >= 15 is 0 Å². The van der Waals surface area contributed by atoms with Crippen molar-refractivity contribution in [2.24, 2.45) is 5.92 Å². The lowest BCUT2D eigenvalue weighted by Crippen LogP contribution is -2.38. The van der Waals surface area contributed by atoms with Gasteiger partial charge in [-0.3, -0.25) is 9.78 Å². The number of ether oxygens (including phenoxy) is 1. The van der Waals surface area contributed by atoms with Crippen LogP contribution in [0.15, 0.2) is 24.5 Å². The highest BCUT2D eigenvalue weighted by atomic mass is 16.5. The Morgan fingerprint density at radius 3 is 2.64 bits per heavy atom. The number of carboxylic acid groups (broad SMARTS) is 1. The van der Waals surface area contributed by atoms with Gasteiger partial charge in [-0.15, -0.1) is 0 Å². The first-order chi connectivity index (χ1) is 6.75. The Balaban J connectivity index is 1.82. The first kappa shape index (κ1) is 8.99. The summed E-state index contributed by atoms with van der Waals surface area (Å²) in [5.41, 5.74) is 0. The predicted octanol–water partition coefficient (Wildman–Crippen LogP) is 1.32. The van der Waals surface area contributed by atoms with Crippen LogP contribution in [-0.2, 0) is 4.79 Å². The second-order valence-corrected chi connectivity index (χ2v) is 3.43. The molecule has 0 bridgehead atoms. The zero-order valence-electron chi connectivity index (χ0n) is 7.59. The van der Waals surface area contributed by atoms with Crippen LogP contribution in [0.5, 0.6) is 5.75 Å². The SMILES string of the molecule is O=C(O)C1CC(Oc2ccncc2)C1. The molecular weight excluding hydrogens is 182 g/mol. The van der Waals surface area contributed by atoms with Crippen molar-refractivity contribution in [3.63, 3.8) is 0 Å². The van der Waals surface area contributed by atoms with Crippen molar-refractivity contribution < 1.29 is 14.6 Å². The highest BCUT2D eigenvalue weighted by Crippen LogP contribution is 2.31. The molecule has 1 aromatic heterocycles. The Hall–Kier alpha value is -1.58. The minimum atomic E-state index is -0.723. The molecule has 0 aromatic carbocycles. The molecule has 0 unspecified atom stereocenters. The second-order valence-electron chi connectivity index (χ2n) is 3.43. The summed E-state index contributed by atoms with van der Waals surface area (Å²) in [6.45, 7) is 0. The van der Waals surface area contributed by atoms with Crippen LogP contribution in [0.3, 0.4) is 0 Å². The van der Waals surface area contributed by atoms with E-state index in [0.29, 0.717) is 12.8 Å². The summed E-state index contributed by atoms with van der Waals surface area (Å²) in [7, 11) is 0. The van der Waals surface area contributed by atoms with E-state index < -0.39 is 5.97 Å². The van der Waals surface area contributed by atoms with E-state index in [1.54, 1.807) is 24.5 Å². The third-order valence-corrected chi connectivity index (χ3v) is 2.40. The van der Waals surface area contributed by atoms with E-state index in [1.807, 2.05) is 0 Å². The monoisotopic (exact) mass is 193 g/mol. The molecule has 1 N–H and O–H groups in total. The van der Waals surface area contributed by atoms with Crippen LogP contribution in [0.2, 0.25) is 0 Å². The van der Waals surface area contributed by atoms with Crippen LogP contribution in [0.25, 0.3) is 0 Å². The maximum absolute atomic E-state index is 10.5. The van der Waals surface area contributed by atoms with Crippen LogP contribution >= 0.6 is 0 Å². The Labute approximate surface area is 81.5 Å². The number of carboxylic acids is 1. The summed E-state index contributed by atoms with van der Waals surface area (Å²) in [6.07, 6.45) is 4.58. The maximum atomic E-state index is 10.5. The molecule has 0 aliphatic heterocycles. The van der Waals surface area contributed by atoms with E-state index in [4.69, 9.17) is 9.84 Å².